The Kier molecular flexibility index (Phi) is 4.01. The van der Waals surface area contributed by atoms with E-state index >= 15 is 0 Å². The van der Waals surface area contributed by atoms with Gasteiger partial charge in [0.1, 0.15) is 18.1 Å². The Labute approximate surface area is 82.1 Å². The molecule has 0 fully saturated rings. The van der Waals surface area contributed by atoms with Crippen molar-refractivity contribution in [3.05, 3.63) is 24.3 Å². The van der Waals surface area contributed by atoms with E-state index in [1.807, 2.05) is 0 Å². The van der Waals surface area contributed by atoms with Gasteiger partial charge in [0.2, 0.25) is 0 Å². The maximum absolute atomic E-state index is 9.08. The highest BCUT2D eigenvalue weighted by atomic mass is 35.5. The van der Waals surface area contributed by atoms with Crippen LogP contribution in [0.4, 0.5) is 0 Å². The van der Waals surface area contributed by atoms with Gasteiger partial charge in [-0.3, -0.25) is 0 Å². The second kappa shape index (κ2) is 5.34. The Morgan fingerprint density at radius 3 is 2.92 bits per heavy atom. The van der Waals surface area contributed by atoms with Crippen molar-refractivity contribution in [2.75, 3.05) is 12.5 Å². The molecule has 0 aliphatic heterocycles. The summed E-state index contributed by atoms with van der Waals surface area (Å²) in [5.74, 6) is 6.47. The van der Waals surface area contributed by atoms with Crippen LogP contribution >= 0.6 is 11.6 Å². The van der Waals surface area contributed by atoms with Gasteiger partial charge < -0.3 is 9.84 Å². The summed E-state index contributed by atoms with van der Waals surface area (Å²) in [6.45, 7) is 0.288. The number of hydrogen-bond donors (Lipinski definition) is 1. The van der Waals surface area contributed by atoms with Crippen LogP contribution in [0.15, 0.2) is 24.3 Å². The van der Waals surface area contributed by atoms with E-state index in [4.69, 9.17) is 21.4 Å². The van der Waals surface area contributed by atoms with Crippen LogP contribution in [0, 0.1) is 11.8 Å². The van der Waals surface area contributed by atoms with Gasteiger partial charge in [-0.25, -0.2) is 0 Å². The third-order valence-corrected chi connectivity index (χ3v) is 1.45. The van der Waals surface area contributed by atoms with E-state index in [-0.39, 0.29) is 12.4 Å². The first-order valence-corrected chi connectivity index (χ1v) is 4.30. The number of hydrogen-bond acceptors (Lipinski definition) is 2. The highest BCUT2D eigenvalue weighted by Gasteiger charge is 1.92. The van der Waals surface area contributed by atoms with Crippen molar-refractivity contribution in [3.8, 4) is 23.3 Å². The van der Waals surface area contributed by atoms with Crippen LogP contribution in [0.25, 0.3) is 0 Å². The summed E-state index contributed by atoms with van der Waals surface area (Å²) in [6, 6.07) is 6.57. The van der Waals surface area contributed by atoms with Gasteiger partial charge in [-0.2, -0.15) is 0 Å². The first-order valence-electron chi connectivity index (χ1n) is 3.76. The largest absolute Gasteiger partial charge is 0.508 e. The van der Waals surface area contributed by atoms with E-state index in [1.54, 1.807) is 18.2 Å². The van der Waals surface area contributed by atoms with E-state index in [9.17, 15) is 0 Å². The van der Waals surface area contributed by atoms with Gasteiger partial charge in [0.25, 0.3) is 0 Å². The third kappa shape index (κ3) is 3.73. The normalized spacial score (nSPS) is 8.69. The molecule has 0 aliphatic carbocycles. The molecule has 2 nitrogen and oxygen atoms in total. The molecule has 0 atom stereocenters. The molecule has 0 aromatic heterocycles. The van der Waals surface area contributed by atoms with Gasteiger partial charge in [0, 0.05) is 6.07 Å². The molecular weight excluding hydrogens is 188 g/mol. The molecule has 0 saturated heterocycles. The Bertz CT molecular complexity index is 325. The standard InChI is InChI=1S/C10H9ClO2/c11-6-1-2-7-13-10-5-3-4-9(12)8-10/h3-5,8,12H,6-7H2. The number of phenols is 1. The van der Waals surface area contributed by atoms with E-state index in [2.05, 4.69) is 11.8 Å². The fourth-order valence-electron chi connectivity index (χ4n) is 0.791. The van der Waals surface area contributed by atoms with Crippen LogP contribution in [-0.4, -0.2) is 17.6 Å². The average molecular weight is 197 g/mol. The molecular formula is C10H9ClO2. The zero-order valence-electron chi connectivity index (χ0n) is 6.96. The second-order valence-corrected chi connectivity index (χ2v) is 2.54. The monoisotopic (exact) mass is 196 g/mol. The number of phenolic OH excluding ortho intramolecular Hbond substituents is 1. The molecule has 68 valence electrons. The molecule has 0 spiro atoms. The van der Waals surface area contributed by atoms with Gasteiger partial charge in [-0.05, 0) is 12.1 Å². The molecule has 13 heavy (non-hydrogen) atoms. The molecule has 1 aromatic carbocycles. The maximum Gasteiger partial charge on any atom is 0.149 e. The van der Waals surface area contributed by atoms with E-state index in [1.165, 1.54) is 6.07 Å². The molecule has 0 amide bonds. The summed E-state index contributed by atoms with van der Waals surface area (Å²) >= 11 is 5.34. The predicted molar refractivity (Wildman–Crippen MR) is 52.1 cm³/mol. The van der Waals surface area contributed by atoms with Gasteiger partial charge in [0.15, 0.2) is 0 Å². The Hall–Kier alpha value is -1.33. The molecule has 1 aromatic rings. The zero-order chi connectivity index (χ0) is 9.52. The van der Waals surface area contributed by atoms with Crippen LogP contribution < -0.4 is 4.74 Å². The third-order valence-electron chi connectivity index (χ3n) is 1.32. The van der Waals surface area contributed by atoms with Crippen molar-refractivity contribution in [2.45, 2.75) is 0 Å². The summed E-state index contributed by atoms with van der Waals surface area (Å²) in [4.78, 5) is 0. The van der Waals surface area contributed by atoms with Crippen molar-refractivity contribution in [2.24, 2.45) is 0 Å². The molecule has 0 saturated carbocycles. The smallest absolute Gasteiger partial charge is 0.149 e. The number of aromatic hydroxyl groups is 1. The van der Waals surface area contributed by atoms with E-state index in [0.717, 1.165) is 0 Å². The van der Waals surface area contributed by atoms with Crippen LogP contribution in [0.5, 0.6) is 11.5 Å². The minimum absolute atomic E-state index is 0.183. The van der Waals surface area contributed by atoms with Gasteiger partial charge in [0.05, 0.1) is 5.88 Å². The highest BCUT2D eigenvalue weighted by Crippen LogP contribution is 2.17. The zero-order valence-corrected chi connectivity index (χ0v) is 7.71. The number of halogens is 1. The Morgan fingerprint density at radius 2 is 2.23 bits per heavy atom. The van der Waals surface area contributed by atoms with Crippen LogP contribution in [0.2, 0.25) is 0 Å². The van der Waals surface area contributed by atoms with Crippen LogP contribution in [0.1, 0.15) is 0 Å². The Balaban J connectivity index is 2.45. The van der Waals surface area contributed by atoms with Gasteiger partial charge in [-0.1, -0.05) is 17.9 Å². The summed E-state index contributed by atoms with van der Waals surface area (Å²) in [5.41, 5.74) is 0. The number of alkyl halides is 1. The van der Waals surface area contributed by atoms with Crippen molar-refractivity contribution >= 4 is 11.6 Å². The molecule has 0 bridgehead atoms. The van der Waals surface area contributed by atoms with Gasteiger partial charge >= 0.3 is 0 Å². The first kappa shape index (κ1) is 9.76. The fourth-order valence-corrected chi connectivity index (χ4v) is 0.885. The second-order valence-electron chi connectivity index (χ2n) is 2.27. The first-order chi connectivity index (χ1) is 6.33. The SMILES string of the molecule is Oc1cccc(OCC#CCCl)c1. The van der Waals surface area contributed by atoms with Crippen molar-refractivity contribution < 1.29 is 9.84 Å². The van der Waals surface area contributed by atoms with Crippen LogP contribution in [0.3, 0.4) is 0 Å². The minimum Gasteiger partial charge on any atom is -0.508 e. The minimum atomic E-state index is 0.183. The van der Waals surface area contributed by atoms with E-state index < -0.39 is 0 Å². The Morgan fingerprint density at radius 1 is 1.38 bits per heavy atom. The molecule has 0 aliphatic rings. The van der Waals surface area contributed by atoms with Crippen molar-refractivity contribution in [3.63, 3.8) is 0 Å². The molecule has 0 radical (unpaired) electrons. The lowest BCUT2D eigenvalue weighted by Gasteiger charge is -2.00. The van der Waals surface area contributed by atoms with Crippen molar-refractivity contribution in [1.82, 2.24) is 0 Å². The summed E-state index contributed by atoms with van der Waals surface area (Å²) in [5, 5.41) is 9.08. The predicted octanol–water partition coefficient (Wildman–Crippen LogP) is 2.01. The summed E-state index contributed by atoms with van der Waals surface area (Å²) in [7, 11) is 0. The summed E-state index contributed by atoms with van der Waals surface area (Å²) in [6.07, 6.45) is 0. The molecule has 0 heterocycles. The van der Waals surface area contributed by atoms with E-state index in [0.29, 0.717) is 11.6 Å². The lowest BCUT2D eigenvalue weighted by Crippen LogP contribution is -1.93. The molecule has 3 heteroatoms. The number of rotatable bonds is 2. The quantitative estimate of drug-likeness (QED) is 0.579. The summed E-state index contributed by atoms with van der Waals surface area (Å²) < 4.78 is 5.20. The molecule has 0 unspecified atom stereocenters. The van der Waals surface area contributed by atoms with Crippen LogP contribution in [-0.2, 0) is 0 Å². The van der Waals surface area contributed by atoms with Gasteiger partial charge in [-0.15, -0.1) is 11.6 Å². The van der Waals surface area contributed by atoms with Crippen molar-refractivity contribution in [1.29, 1.82) is 0 Å². The topological polar surface area (TPSA) is 29.5 Å². The number of benzene rings is 1. The average Bonchev–Trinajstić information content (AvgIpc) is 2.13. The maximum atomic E-state index is 9.08. The lowest BCUT2D eigenvalue weighted by atomic mass is 10.3. The lowest BCUT2D eigenvalue weighted by molar-refractivity contribution is 0.366. The molecule has 1 N–H and O–H groups in total. The molecule has 1 rings (SSSR count). The fraction of sp³-hybridized carbons (Fsp3) is 0.200. The number of ether oxygens (including phenoxy) is 1. The highest BCUT2D eigenvalue weighted by molar-refractivity contribution is 6.19.